The first-order chi connectivity index (χ1) is 11.7. The summed E-state index contributed by atoms with van der Waals surface area (Å²) in [5.41, 5.74) is 1.04. The lowest BCUT2D eigenvalue weighted by molar-refractivity contribution is -0.127. The van der Waals surface area contributed by atoms with Crippen LogP contribution < -0.4 is 5.32 Å². The predicted molar refractivity (Wildman–Crippen MR) is 98.9 cm³/mol. The smallest absolute Gasteiger partial charge is 0.223 e. The highest BCUT2D eigenvalue weighted by molar-refractivity contribution is 7.91. The minimum atomic E-state index is -3.21. The summed E-state index contributed by atoms with van der Waals surface area (Å²) in [5.74, 6) is 0.930. The number of nitrogens with one attached hydrogen (secondary N) is 1. The van der Waals surface area contributed by atoms with Crippen molar-refractivity contribution in [3.8, 4) is 0 Å². The predicted octanol–water partition coefficient (Wildman–Crippen LogP) is 3.87. The molecule has 0 radical (unpaired) electrons. The molecule has 0 aromatic heterocycles. The summed E-state index contributed by atoms with van der Waals surface area (Å²) in [6.45, 7) is 6.83. The van der Waals surface area contributed by atoms with Gasteiger partial charge < -0.3 is 5.32 Å². The number of sulfone groups is 1. The molecule has 1 fully saturated rings. The van der Waals surface area contributed by atoms with Gasteiger partial charge in [-0.2, -0.15) is 0 Å². The van der Waals surface area contributed by atoms with E-state index in [-0.39, 0.29) is 23.6 Å². The topological polar surface area (TPSA) is 63.2 Å². The Hall–Kier alpha value is -1.36. The molecule has 1 aromatic rings. The minimum Gasteiger partial charge on any atom is -0.349 e. The quantitative estimate of drug-likeness (QED) is 0.867. The van der Waals surface area contributed by atoms with Gasteiger partial charge in [0, 0.05) is 5.92 Å². The van der Waals surface area contributed by atoms with Gasteiger partial charge in [0.1, 0.15) is 0 Å². The molecule has 2 aliphatic rings. The number of amides is 1. The van der Waals surface area contributed by atoms with Crippen LogP contribution in [0.1, 0.15) is 64.5 Å². The van der Waals surface area contributed by atoms with Crippen LogP contribution in [0.5, 0.6) is 0 Å². The van der Waals surface area contributed by atoms with Gasteiger partial charge in [0.15, 0.2) is 9.84 Å². The maximum Gasteiger partial charge on any atom is 0.223 e. The van der Waals surface area contributed by atoms with Crippen LogP contribution in [0, 0.1) is 17.3 Å². The van der Waals surface area contributed by atoms with Gasteiger partial charge in [-0.05, 0) is 55.1 Å². The van der Waals surface area contributed by atoms with Crippen molar-refractivity contribution in [1.29, 1.82) is 0 Å². The molecule has 0 spiro atoms. The molecule has 1 atom stereocenters. The van der Waals surface area contributed by atoms with Gasteiger partial charge in [-0.1, -0.05) is 39.0 Å². The van der Waals surface area contributed by atoms with Crippen molar-refractivity contribution in [2.24, 2.45) is 17.3 Å². The third kappa shape index (κ3) is 3.91. The summed E-state index contributed by atoms with van der Waals surface area (Å²) in [4.78, 5) is 13.1. The van der Waals surface area contributed by atoms with Crippen molar-refractivity contribution in [2.45, 2.75) is 63.8 Å². The minimum absolute atomic E-state index is 0.0595. The second kappa shape index (κ2) is 6.75. The Morgan fingerprint density at radius 3 is 2.32 bits per heavy atom. The van der Waals surface area contributed by atoms with E-state index in [2.05, 4.69) is 26.1 Å². The van der Waals surface area contributed by atoms with E-state index in [1.807, 2.05) is 12.1 Å². The number of hydrogen-bond donors (Lipinski definition) is 1. The molecule has 0 saturated heterocycles. The summed E-state index contributed by atoms with van der Waals surface area (Å²) < 4.78 is 24.4. The Morgan fingerprint density at radius 2 is 1.68 bits per heavy atom. The second-order valence-electron chi connectivity index (χ2n) is 8.62. The van der Waals surface area contributed by atoms with E-state index in [1.54, 1.807) is 12.1 Å². The van der Waals surface area contributed by atoms with Crippen molar-refractivity contribution in [3.05, 3.63) is 29.8 Å². The van der Waals surface area contributed by atoms with Gasteiger partial charge in [-0.15, -0.1) is 0 Å². The Balaban J connectivity index is 1.67. The van der Waals surface area contributed by atoms with Gasteiger partial charge in [0.05, 0.1) is 16.7 Å². The molecule has 5 heteroatoms. The molecule has 1 heterocycles. The Kier molecular flexibility index (Phi) is 4.97. The van der Waals surface area contributed by atoms with E-state index >= 15 is 0 Å². The number of carbonyl (C=O) groups excluding carboxylic acids is 1. The lowest BCUT2D eigenvalue weighted by Gasteiger charge is -2.37. The van der Waals surface area contributed by atoms with Crippen molar-refractivity contribution in [2.75, 3.05) is 5.75 Å². The molecule has 1 saturated carbocycles. The molecule has 1 aliphatic carbocycles. The highest BCUT2D eigenvalue weighted by Gasteiger charge is 2.35. The van der Waals surface area contributed by atoms with Crippen molar-refractivity contribution in [1.82, 2.24) is 5.32 Å². The van der Waals surface area contributed by atoms with E-state index in [1.165, 1.54) is 0 Å². The van der Waals surface area contributed by atoms with Crippen LogP contribution in [-0.4, -0.2) is 20.1 Å². The molecule has 1 aliphatic heterocycles. The number of hydrogen-bond acceptors (Lipinski definition) is 3. The molecule has 1 amide bonds. The molecule has 3 rings (SSSR count). The van der Waals surface area contributed by atoms with Crippen LogP contribution in [0.25, 0.3) is 0 Å². The SMILES string of the molecule is CC(C)(C)C1CCC(C(=O)N[C@@H]2CCS(=O)(=O)c3ccccc32)CC1. The third-order valence-electron chi connectivity index (χ3n) is 5.94. The third-order valence-corrected chi connectivity index (χ3v) is 7.76. The molecule has 138 valence electrons. The van der Waals surface area contributed by atoms with Crippen LogP contribution in [0.3, 0.4) is 0 Å². The second-order valence-corrected chi connectivity index (χ2v) is 10.7. The summed E-state index contributed by atoms with van der Waals surface area (Å²) in [6.07, 6.45) is 4.51. The number of benzene rings is 1. The number of carbonyl (C=O) groups is 1. The normalized spacial score (nSPS) is 28.8. The summed E-state index contributed by atoms with van der Waals surface area (Å²) in [7, 11) is -3.21. The molecular formula is C20H29NO3S. The first kappa shape index (κ1) is 18.4. The molecule has 0 bridgehead atoms. The van der Waals surface area contributed by atoms with Crippen molar-refractivity contribution >= 4 is 15.7 Å². The summed E-state index contributed by atoms with van der Waals surface area (Å²) in [5, 5.41) is 3.13. The average molecular weight is 364 g/mol. The average Bonchev–Trinajstić information content (AvgIpc) is 2.57. The van der Waals surface area contributed by atoms with E-state index < -0.39 is 9.84 Å². The zero-order valence-corrected chi connectivity index (χ0v) is 16.2. The van der Waals surface area contributed by atoms with Crippen LogP contribution in [-0.2, 0) is 14.6 Å². The zero-order chi connectivity index (χ0) is 18.2. The van der Waals surface area contributed by atoms with E-state index in [0.717, 1.165) is 31.2 Å². The maximum absolute atomic E-state index is 12.7. The first-order valence-electron chi connectivity index (χ1n) is 9.30. The number of fused-ring (bicyclic) bond motifs is 1. The molecule has 4 nitrogen and oxygen atoms in total. The molecule has 1 N–H and O–H groups in total. The van der Waals surface area contributed by atoms with Crippen LogP contribution in [0.2, 0.25) is 0 Å². The maximum atomic E-state index is 12.7. The van der Waals surface area contributed by atoms with Gasteiger partial charge >= 0.3 is 0 Å². The zero-order valence-electron chi connectivity index (χ0n) is 15.4. The Morgan fingerprint density at radius 1 is 1.04 bits per heavy atom. The van der Waals surface area contributed by atoms with E-state index in [0.29, 0.717) is 22.6 Å². The Labute approximate surface area is 151 Å². The molecule has 25 heavy (non-hydrogen) atoms. The summed E-state index contributed by atoms with van der Waals surface area (Å²) in [6, 6.07) is 6.87. The molecular weight excluding hydrogens is 334 g/mol. The standard InChI is InChI=1S/C20H29NO3S/c1-20(2,3)15-10-8-14(9-11-15)19(22)21-17-12-13-25(23,24)18-7-5-4-6-16(17)18/h4-7,14-15,17H,8-13H2,1-3H3,(H,21,22)/t14?,15?,17-/m1/s1. The largest absolute Gasteiger partial charge is 0.349 e. The van der Waals surface area contributed by atoms with Crippen molar-refractivity contribution < 1.29 is 13.2 Å². The van der Waals surface area contributed by atoms with Gasteiger partial charge in [-0.3, -0.25) is 4.79 Å². The fourth-order valence-corrected chi connectivity index (χ4v) is 5.87. The van der Waals surface area contributed by atoms with Gasteiger partial charge in [-0.25, -0.2) is 8.42 Å². The highest BCUT2D eigenvalue weighted by Crippen LogP contribution is 2.40. The first-order valence-corrected chi connectivity index (χ1v) is 11.0. The van der Waals surface area contributed by atoms with E-state index in [9.17, 15) is 13.2 Å². The van der Waals surface area contributed by atoms with Gasteiger partial charge in [0.25, 0.3) is 0 Å². The fraction of sp³-hybridized carbons (Fsp3) is 0.650. The van der Waals surface area contributed by atoms with Crippen LogP contribution in [0.4, 0.5) is 0 Å². The molecule has 0 unspecified atom stereocenters. The van der Waals surface area contributed by atoms with Crippen molar-refractivity contribution in [3.63, 3.8) is 0 Å². The summed E-state index contributed by atoms with van der Waals surface area (Å²) >= 11 is 0. The number of rotatable bonds is 2. The Bertz CT molecular complexity index is 740. The van der Waals surface area contributed by atoms with Crippen LogP contribution in [0.15, 0.2) is 29.2 Å². The lowest BCUT2D eigenvalue weighted by Crippen LogP contribution is -2.39. The van der Waals surface area contributed by atoms with Gasteiger partial charge in [0.2, 0.25) is 5.91 Å². The fourth-order valence-electron chi connectivity index (χ4n) is 4.25. The van der Waals surface area contributed by atoms with E-state index in [4.69, 9.17) is 0 Å². The van der Waals surface area contributed by atoms with Crippen LogP contribution >= 0.6 is 0 Å². The lowest BCUT2D eigenvalue weighted by atomic mass is 9.69. The highest BCUT2D eigenvalue weighted by atomic mass is 32.2. The molecule has 1 aromatic carbocycles. The monoisotopic (exact) mass is 363 g/mol.